The van der Waals surface area contributed by atoms with E-state index in [0.29, 0.717) is 0 Å². The van der Waals surface area contributed by atoms with E-state index in [4.69, 9.17) is 15.2 Å². The average molecular weight is 666 g/mol. The maximum Gasteiger partial charge on any atom is 0.197 e. The van der Waals surface area contributed by atoms with Crippen molar-refractivity contribution in [3.05, 3.63) is 108 Å². The summed E-state index contributed by atoms with van der Waals surface area (Å²) in [5, 5.41) is 21.6. The molecule has 0 saturated heterocycles. The molecule has 1 aromatic heterocycles. The number of para-hydroxylation sites is 1. The summed E-state index contributed by atoms with van der Waals surface area (Å²) in [6.45, 7) is 4.58. The van der Waals surface area contributed by atoms with Gasteiger partial charge in [-0.15, -0.1) is 17.5 Å². The number of aliphatic hydroxyl groups is 2. The molecular weight excluding hydrogens is 641 g/mol. The molecule has 37 heavy (non-hydrogen) atoms. The van der Waals surface area contributed by atoms with Gasteiger partial charge in [-0.1, -0.05) is 59.5 Å². The summed E-state index contributed by atoms with van der Waals surface area (Å²) < 4.78 is 0. The fraction of sp³-hybridized carbons (Fsp3) is 0.0968. The molecule has 0 amide bonds. The van der Waals surface area contributed by atoms with Crippen molar-refractivity contribution in [2.24, 2.45) is 0 Å². The molecule has 2 N–H and O–H groups in total. The molecule has 5 nitrogen and oxygen atoms in total. The van der Waals surface area contributed by atoms with Crippen LogP contribution in [-0.2, 0) is 24.9 Å². The SMILES string of the molecule is CC(=O)/C(O)=C(/C)O.Cc1cc2c3c(nccc3c1)-c1[c-]c3ccccc3cc1N2c1ccccc1.[Ir]. The number of carbonyl (C=O) groups is 1. The summed E-state index contributed by atoms with van der Waals surface area (Å²) in [6, 6.07) is 31.5. The van der Waals surface area contributed by atoms with E-state index in [1.807, 2.05) is 6.20 Å². The van der Waals surface area contributed by atoms with Gasteiger partial charge in [0.2, 0.25) is 0 Å². The number of aliphatic hydroxyl groups excluding tert-OH is 2. The maximum absolute atomic E-state index is 10.1. The Kier molecular flexibility index (Phi) is 7.44. The molecule has 1 aliphatic heterocycles. The first-order valence-electron chi connectivity index (χ1n) is 11.6. The number of Topliss-reactive ketones (excluding diaryl/α,β-unsaturated/α-hetero) is 1. The molecule has 1 aliphatic rings. The van der Waals surface area contributed by atoms with Crippen LogP contribution in [0.15, 0.2) is 96.6 Å². The van der Waals surface area contributed by atoms with Gasteiger partial charge in [0.15, 0.2) is 11.5 Å². The Hall–Kier alpha value is -3.99. The van der Waals surface area contributed by atoms with Crippen LogP contribution in [0.3, 0.4) is 0 Å². The predicted octanol–water partition coefficient (Wildman–Crippen LogP) is 7.87. The Labute approximate surface area is 229 Å². The first-order valence-corrected chi connectivity index (χ1v) is 11.6. The van der Waals surface area contributed by atoms with Crippen LogP contribution in [0.25, 0.3) is 32.8 Å². The number of nitrogens with zero attached hydrogens (tertiary/aromatic N) is 2. The van der Waals surface area contributed by atoms with Crippen LogP contribution in [0.2, 0.25) is 0 Å². The van der Waals surface area contributed by atoms with Crippen LogP contribution < -0.4 is 4.90 Å². The Morgan fingerprint density at radius 2 is 1.57 bits per heavy atom. The van der Waals surface area contributed by atoms with Crippen LogP contribution in [0.4, 0.5) is 17.1 Å². The second-order valence-electron chi connectivity index (χ2n) is 8.82. The average Bonchev–Trinajstić information content (AvgIpc) is 2.88. The third kappa shape index (κ3) is 4.86. The van der Waals surface area contributed by atoms with Crippen molar-refractivity contribution in [1.82, 2.24) is 4.98 Å². The van der Waals surface area contributed by atoms with Gasteiger partial charge in [-0.25, -0.2) is 0 Å². The summed E-state index contributed by atoms with van der Waals surface area (Å²) >= 11 is 0. The van der Waals surface area contributed by atoms with E-state index in [0.717, 1.165) is 28.0 Å². The summed E-state index contributed by atoms with van der Waals surface area (Å²) in [7, 11) is 0. The van der Waals surface area contributed by atoms with E-state index in [-0.39, 0.29) is 25.9 Å². The molecule has 0 saturated carbocycles. The number of carbonyl (C=O) groups excluding carboxylic acids is 1. The molecule has 1 radical (unpaired) electrons. The molecule has 0 atom stereocenters. The van der Waals surface area contributed by atoms with Gasteiger partial charge >= 0.3 is 0 Å². The van der Waals surface area contributed by atoms with E-state index in [2.05, 4.69) is 96.8 Å². The van der Waals surface area contributed by atoms with Crippen molar-refractivity contribution in [3.8, 4) is 11.3 Å². The third-order valence-corrected chi connectivity index (χ3v) is 6.16. The molecule has 0 bridgehead atoms. The maximum atomic E-state index is 10.1. The van der Waals surface area contributed by atoms with Gasteiger partial charge in [0.05, 0.1) is 0 Å². The fourth-order valence-electron chi connectivity index (χ4n) is 4.56. The topological polar surface area (TPSA) is 73.7 Å². The number of allylic oxidation sites excluding steroid dienone is 2. The number of benzene rings is 4. The summed E-state index contributed by atoms with van der Waals surface area (Å²) in [5.41, 5.74) is 6.77. The van der Waals surface area contributed by atoms with Crippen molar-refractivity contribution < 1.29 is 35.1 Å². The number of pyridine rings is 1. The van der Waals surface area contributed by atoms with Gasteiger partial charge in [-0.3, -0.25) is 9.78 Å². The van der Waals surface area contributed by atoms with Gasteiger partial charge in [0.1, 0.15) is 5.76 Å². The van der Waals surface area contributed by atoms with E-state index >= 15 is 0 Å². The van der Waals surface area contributed by atoms with E-state index in [9.17, 15) is 4.79 Å². The van der Waals surface area contributed by atoms with Crippen LogP contribution >= 0.6 is 0 Å². The third-order valence-electron chi connectivity index (χ3n) is 6.16. The minimum absolute atomic E-state index is 0. The van der Waals surface area contributed by atoms with E-state index < -0.39 is 11.5 Å². The molecule has 4 aromatic carbocycles. The monoisotopic (exact) mass is 666 g/mol. The molecule has 187 valence electrons. The number of anilines is 3. The molecule has 0 fully saturated rings. The molecule has 6 rings (SSSR count). The van der Waals surface area contributed by atoms with Gasteiger partial charge in [-0.05, 0) is 60.1 Å². The Balaban J connectivity index is 0.000000313. The van der Waals surface area contributed by atoms with Crippen LogP contribution in [0, 0.1) is 13.0 Å². The van der Waals surface area contributed by atoms with Crippen molar-refractivity contribution >= 4 is 44.4 Å². The van der Waals surface area contributed by atoms with Gasteiger partial charge in [0.25, 0.3) is 0 Å². The minimum atomic E-state index is -0.565. The molecular formula is C31H25IrN2O3-. The number of hydrogen-bond acceptors (Lipinski definition) is 5. The fourth-order valence-corrected chi connectivity index (χ4v) is 4.56. The molecule has 0 spiro atoms. The molecule has 2 heterocycles. The molecule has 5 aromatic rings. The zero-order valence-electron chi connectivity index (χ0n) is 20.6. The van der Waals surface area contributed by atoms with Crippen molar-refractivity contribution in [1.29, 1.82) is 0 Å². The quantitative estimate of drug-likeness (QED) is 0.112. The standard InChI is InChI=1S/C26H17N2.C5H8O3.Ir/c1-17-13-20-11-12-27-26-22-15-18-7-5-6-8-19(18)16-23(22)28(24(14-17)25(20)26)21-9-3-2-4-10-21;1-3(6)5(8)4(2)7;/h2-14,16H,1H3;6,8H,1-2H3;/q-1;;/b;5-3+;. The number of hydrogen-bond donors (Lipinski definition) is 2. The van der Waals surface area contributed by atoms with Gasteiger partial charge < -0.3 is 15.1 Å². The molecule has 0 unspecified atom stereocenters. The second-order valence-corrected chi connectivity index (χ2v) is 8.82. The van der Waals surface area contributed by atoms with E-state index in [1.54, 1.807) is 0 Å². The number of fused-ring (bicyclic) bond motifs is 3. The predicted molar refractivity (Wildman–Crippen MR) is 145 cm³/mol. The Morgan fingerprint density at radius 3 is 2.24 bits per heavy atom. The largest absolute Gasteiger partial charge is 0.509 e. The van der Waals surface area contributed by atoms with Crippen molar-refractivity contribution in [2.75, 3.05) is 4.90 Å². The number of aromatic nitrogens is 1. The van der Waals surface area contributed by atoms with E-state index in [1.165, 1.54) is 41.3 Å². The normalized spacial score (nSPS) is 12.1. The number of ketones is 1. The first kappa shape index (κ1) is 26.1. The van der Waals surface area contributed by atoms with Crippen molar-refractivity contribution in [2.45, 2.75) is 20.8 Å². The smallest absolute Gasteiger partial charge is 0.197 e. The number of rotatable bonds is 2. The molecule has 6 heteroatoms. The van der Waals surface area contributed by atoms with Gasteiger partial charge in [0, 0.05) is 50.3 Å². The van der Waals surface area contributed by atoms with Crippen LogP contribution in [0.1, 0.15) is 19.4 Å². The second kappa shape index (κ2) is 10.6. The number of aryl methyl sites for hydroxylation is 1. The zero-order valence-corrected chi connectivity index (χ0v) is 23.0. The van der Waals surface area contributed by atoms with Crippen LogP contribution in [0.5, 0.6) is 0 Å². The minimum Gasteiger partial charge on any atom is -0.509 e. The first-order chi connectivity index (χ1) is 17.3. The Bertz CT molecular complexity index is 1660. The molecule has 0 aliphatic carbocycles. The van der Waals surface area contributed by atoms with Gasteiger partial charge in [-0.2, -0.15) is 0 Å². The van der Waals surface area contributed by atoms with Crippen LogP contribution in [-0.4, -0.2) is 21.0 Å². The zero-order chi connectivity index (χ0) is 25.4. The summed E-state index contributed by atoms with van der Waals surface area (Å²) in [6.07, 6.45) is 1.91. The van der Waals surface area contributed by atoms with Crippen molar-refractivity contribution in [3.63, 3.8) is 0 Å². The summed E-state index contributed by atoms with van der Waals surface area (Å²) in [4.78, 5) is 17.3. The Morgan fingerprint density at radius 1 is 0.865 bits per heavy atom. The summed E-state index contributed by atoms with van der Waals surface area (Å²) in [5.74, 6) is -1.42.